The van der Waals surface area contributed by atoms with Gasteiger partial charge in [0.1, 0.15) is 0 Å². The lowest BCUT2D eigenvalue weighted by Crippen LogP contribution is -2.26. The Balaban J connectivity index is 1.93. The van der Waals surface area contributed by atoms with Crippen LogP contribution < -0.4 is 11.0 Å². The molecule has 1 aliphatic rings. The normalized spacial score (nSPS) is 22.1. The number of nitrogens with zero attached hydrogens (tertiary/aromatic N) is 1. The smallest absolute Gasteiger partial charge is 0.326 e. The van der Waals surface area contributed by atoms with Crippen LogP contribution in [0.3, 0.4) is 0 Å². The Morgan fingerprint density at radius 3 is 2.89 bits per heavy atom. The van der Waals surface area contributed by atoms with E-state index in [0.717, 1.165) is 11.9 Å². The summed E-state index contributed by atoms with van der Waals surface area (Å²) in [6, 6.07) is 5.57. The van der Waals surface area contributed by atoms with Crippen molar-refractivity contribution in [2.45, 2.75) is 19.4 Å². The van der Waals surface area contributed by atoms with Gasteiger partial charge in [-0.05, 0) is 30.5 Å². The third-order valence-corrected chi connectivity index (χ3v) is 3.59. The quantitative estimate of drug-likeness (QED) is 0.829. The summed E-state index contributed by atoms with van der Waals surface area (Å²) < 4.78 is 1.53. The average molecular weight is 245 g/mol. The van der Waals surface area contributed by atoms with Gasteiger partial charge >= 0.3 is 5.69 Å². The third-order valence-electron chi connectivity index (χ3n) is 3.59. The van der Waals surface area contributed by atoms with Crippen LogP contribution in [0.5, 0.6) is 0 Å². The summed E-state index contributed by atoms with van der Waals surface area (Å²) in [5.74, 6) is 0.505. The number of benzene rings is 1. The van der Waals surface area contributed by atoms with Gasteiger partial charge in [0, 0.05) is 18.7 Å². The van der Waals surface area contributed by atoms with Gasteiger partial charge in [-0.25, -0.2) is 4.79 Å². The molecule has 18 heavy (non-hydrogen) atoms. The van der Waals surface area contributed by atoms with Gasteiger partial charge < -0.3 is 10.3 Å². The number of carbonyl (C=O) groups excluding carboxylic acids is 1. The zero-order valence-corrected chi connectivity index (χ0v) is 10.4. The number of hydrogen-bond acceptors (Lipinski definition) is 2. The van der Waals surface area contributed by atoms with Crippen molar-refractivity contribution in [2.24, 2.45) is 13.0 Å². The predicted molar refractivity (Wildman–Crippen MR) is 68.6 cm³/mol. The van der Waals surface area contributed by atoms with Gasteiger partial charge in [-0.1, -0.05) is 6.92 Å². The number of amides is 1. The van der Waals surface area contributed by atoms with E-state index in [1.807, 2.05) is 0 Å². The molecule has 2 aromatic rings. The second-order valence-electron chi connectivity index (χ2n) is 5.01. The first-order valence-corrected chi connectivity index (χ1v) is 6.06. The molecule has 0 radical (unpaired) electrons. The lowest BCUT2D eigenvalue weighted by molar-refractivity contribution is 0.0949. The standard InChI is InChI=1S/C13H15N3O2/c1-7-5-9(7)14-12(17)8-3-4-11-10(6-8)15-13(18)16(11)2/h3-4,6-7,9H,5H2,1-2H3,(H,14,17)(H,15,18)/t7-,9-/m0/s1. The molecule has 0 saturated heterocycles. The molecule has 1 fully saturated rings. The minimum absolute atomic E-state index is 0.0732. The molecule has 0 bridgehead atoms. The Bertz CT molecular complexity index is 683. The van der Waals surface area contributed by atoms with Gasteiger partial charge in [0.25, 0.3) is 5.91 Å². The molecule has 0 aliphatic heterocycles. The van der Waals surface area contributed by atoms with Gasteiger partial charge in [0.2, 0.25) is 0 Å². The van der Waals surface area contributed by atoms with E-state index in [-0.39, 0.29) is 11.6 Å². The van der Waals surface area contributed by atoms with Gasteiger partial charge in [-0.15, -0.1) is 0 Å². The van der Waals surface area contributed by atoms with Crippen LogP contribution in [0, 0.1) is 5.92 Å². The maximum absolute atomic E-state index is 12.0. The molecule has 1 heterocycles. The van der Waals surface area contributed by atoms with E-state index in [4.69, 9.17) is 0 Å². The highest BCUT2D eigenvalue weighted by atomic mass is 16.2. The minimum Gasteiger partial charge on any atom is -0.349 e. The molecule has 5 nitrogen and oxygen atoms in total. The lowest BCUT2D eigenvalue weighted by Gasteiger charge is -2.04. The Morgan fingerprint density at radius 2 is 2.22 bits per heavy atom. The van der Waals surface area contributed by atoms with Crippen molar-refractivity contribution >= 4 is 16.9 Å². The molecule has 2 atom stereocenters. The van der Waals surface area contributed by atoms with Gasteiger partial charge in [0.05, 0.1) is 11.0 Å². The van der Waals surface area contributed by atoms with Crippen LogP contribution in [0.1, 0.15) is 23.7 Å². The van der Waals surface area contributed by atoms with Crippen molar-refractivity contribution in [3.63, 3.8) is 0 Å². The Labute approximate surface area is 104 Å². The molecule has 0 spiro atoms. The summed E-state index contributed by atoms with van der Waals surface area (Å²) in [7, 11) is 1.70. The molecule has 1 aromatic heterocycles. The third kappa shape index (κ3) is 1.72. The molecule has 0 unspecified atom stereocenters. The van der Waals surface area contributed by atoms with Crippen molar-refractivity contribution in [1.29, 1.82) is 0 Å². The molecule has 2 N–H and O–H groups in total. The van der Waals surface area contributed by atoms with Crippen LogP contribution in [0.15, 0.2) is 23.0 Å². The fraction of sp³-hybridized carbons (Fsp3) is 0.385. The summed E-state index contributed by atoms with van der Waals surface area (Å²) in [5, 5.41) is 2.97. The van der Waals surface area contributed by atoms with Gasteiger partial charge in [-0.3, -0.25) is 9.36 Å². The number of imidazole rings is 1. The zero-order valence-electron chi connectivity index (χ0n) is 10.4. The Kier molecular flexibility index (Phi) is 2.29. The Hall–Kier alpha value is -2.04. The fourth-order valence-electron chi connectivity index (χ4n) is 2.15. The van der Waals surface area contributed by atoms with Gasteiger partial charge in [-0.2, -0.15) is 0 Å². The van der Waals surface area contributed by atoms with Crippen molar-refractivity contribution in [1.82, 2.24) is 14.9 Å². The first-order valence-electron chi connectivity index (χ1n) is 6.06. The van der Waals surface area contributed by atoms with E-state index in [9.17, 15) is 9.59 Å². The zero-order chi connectivity index (χ0) is 12.9. The van der Waals surface area contributed by atoms with E-state index in [1.54, 1.807) is 25.2 Å². The number of fused-ring (bicyclic) bond motifs is 1. The second kappa shape index (κ2) is 3.73. The number of aromatic nitrogens is 2. The second-order valence-corrected chi connectivity index (χ2v) is 5.01. The number of H-pyrrole nitrogens is 1. The highest BCUT2D eigenvalue weighted by molar-refractivity contribution is 5.97. The highest BCUT2D eigenvalue weighted by Crippen LogP contribution is 2.29. The van der Waals surface area contributed by atoms with Crippen LogP contribution in [0.2, 0.25) is 0 Å². The summed E-state index contributed by atoms with van der Waals surface area (Å²) in [4.78, 5) is 26.2. The maximum Gasteiger partial charge on any atom is 0.326 e. The lowest BCUT2D eigenvalue weighted by atomic mass is 10.2. The number of carbonyl (C=O) groups is 1. The fourth-order valence-corrected chi connectivity index (χ4v) is 2.15. The number of hydrogen-bond donors (Lipinski definition) is 2. The van der Waals surface area contributed by atoms with Crippen molar-refractivity contribution in [2.75, 3.05) is 0 Å². The summed E-state index contributed by atoms with van der Waals surface area (Å²) in [5.41, 5.74) is 1.91. The summed E-state index contributed by atoms with van der Waals surface area (Å²) >= 11 is 0. The number of rotatable bonds is 2. The number of aromatic amines is 1. The highest BCUT2D eigenvalue weighted by Gasteiger charge is 2.33. The topological polar surface area (TPSA) is 66.9 Å². The molecule has 1 saturated carbocycles. The SMILES string of the molecule is C[C@H]1C[C@@H]1NC(=O)c1ccc2c(c1)[nH]c(=O)n2C. The Morgan fingerprint density at radius 1 is 1.50 bits per heavy atom. The summed E-state index contributed by atoms with van der Waals surface area (Å²) in [6.45, 7) is 2.11. The van der Waals surface area contributed by atoms with Crippen molar-refractivity contribution in [3.05, 3.63) is 34.2 Å². The van der Waals surface area contributed by atoms with Crippen LogP contribution in [-0.2, 0) is 7.05 Å². The van der Waals surface area contributed by atoms with E-state index in [0.29, 0.717) is 23.0 Å². The van der Waals surface area contributed by atoms with E-state index in [2.05, 4.69) is 17.2 Å². The van der Waals surface area contributed by atoms with Crippen LogP contribution >= 0.6 is 0 Å². The van der Waals surface area contributed by atoms with E-state index in [1.165, 1.54) is 4.57 Å². The minimum atomic E-state index is -0.168. The molecule has 5 heteroatoms. The number of nitrogens with one attached hydrogen (secondary N) is 2. The molecule has 3 rings (SSSR count). The molecule has 94 valence electrons. The van der Waals surface area contributed by atoms with Gasteiger partial charge in [0.15, 0.2) is 0 Å². The monoisotopic (exact) mass is 245 g/mol. The molecule has 1 amide bonds. The van der Waals surface area contributed by atoms with E-state index < -0.39 is 0 Å². The average Bonchev–Trinajstić information content (AvgIpc) is 2.95. The molecule has 1 aromatic carbocycles. The summed E-state index contributed by atoms with van der Waals surface area (Å²) in [6.07, 6.45) is 1.05. The van der Waals surface area contributed by atoms with Crippen molar-refractivity contribution in [3.8, 4) is 0 Å². The van der Waals surface area contributed by atoms with Crippen LogP contribution in [-0.4, -0.2) is 21.5 Å². The first kappa shape index (κ1) is 11.1. The van der Waals surface area contributed by atoms with E-state index >= 15 is 0 Å². The molecular formula is C13H15N3O2. The van der Waals surface area contributed by atoms with Crippen LogP contribution in [0.25, 0.3) is 11.0 Å². The molecular weight excluding hydrogens is 230 g/mol. The predicted octanol–water partition coefficient (Wildman–Crippen LogP) is 1.00. The van der Waals surface area contributed by atoms with Crippen molar-refractivity contribution < 1.29 is 4.79 Å². The maximum atomic E-state index is 12.0. The molecule has 1 aliphatic carbocycles. The largest absolute Gasteiger partial charge is 0.349 e. The first-order chi connectivity index (χ1) is 8.56. The number of aryl methyl sites for hydroxylation is 1. The van der Waals surface area contributed by atoms with Crippen LogP contribution in [0.4, 0.5) is 0 Å².